The summed E-state index contributed by atoms with van der Waals surface area (Å²) < 4.78 is 0. The maximum Gasteiger partial charge on any atom is 0.319 e. The van der Waals surface area contributed by atoms with E-state index >= 15 is 0 Å². The summed E-state index contributed by atoms with van der Waals surface area (Å²) in [7, 11) is 4.03. The molecule has 0 aliphatic rings. The van der Waals surface area contributed by atoms with Crippen molar-refractivity contribution >= 4 is 23.1 Å². The van der Waals surface area contributed by atoms with Crippen LogP contribution in [0.1, 0.15) is 11.6 Å². The molecule has 0 aliphatic heterocycles. The number of carbonyl (C=O) groups excluding carboxylic acids is 1. The van der Waals surface area contributed by atoms with Crippen molar-refractivity contribution in [1.82, 2.24) is 10.2 Å². The molecular weight excluding hydrogens is 270 g/mol. The van der Waals surface area contributed by atoms with Gasteiger partial charge in [-0.05, 0) is 48.6 Å². The molecule has 1 aromatic heterocycles. The van der Waals surface area contributed by atoms with Crippen LogP contribution in [0.5, 0.6) is 0 Å². The predicted molar refractivity (Wildman–Crippen MR) is 84.2 cm³/mol. The molecule has 2 rings (SSSR count). The van der Waals surface area contributed by atoms with E-state index in [-0.39, 0.29) is 12.1 Å². The van der Waals surface area contributed by atoms with E-state index in [1.807, 2.05) is 44.4 Å². The van der Waals surface area contributed by atoms with E-state index < -0.39 is 0 Å². The maximum absolute atomic E-state index is 11.9. The third-order valence-corrected chi connectivity index (χ3v) is 3.74. The summed E-state index contributed by atoms with van der Waals surface area (Å²) in [4.78, 5) is 14.0. The van der Waals surface area contributed by atoms with E-state index in [4.69, 9.17) is 0 Å². The Morgan fingerprint density at radius 1 is 1.25 bits per heavy atom. The van der Waals surface area contributed by atoms with Gasteiger partial charge >= 0.3 is 6.03 Å². The van der Waals surface area contributed by atoms with Gasteiger partial charge in [-0.1, -0.05) is 18.2 Å². The van der Waals surface area contributed by atoms with Gasteiger partial charge in [0.15, 0.2) is 0 Å². The van der Waals surface area contributed by atoms with Crippen LogP contribution in [0.2, 0.25) is 0 Å². The molecule has 0 aliphatic carbocycles. The van der Waals surface area contributed by atoms with E-state index in [2.05, 4.69) is 32.4 Å². The number of amides is 2. The van der Waals surface area contributed by atoms with Gasteiger partial charge in [0.1, 0.15) is 0 Å². The molecule has 106 valence electrons. The lowest BCUT2D eigenvalue weighted by atomic mass is 10.1. The third kappa shape index (κ3) is 4.08. The fourth-order valence-corrected chi connectivity index (χ4v) is 2.66. The van der Waals surface area contributed by atoms with Crippen molar-refractivity contribution in [2.75, 3.05) is 26.0 Å². The number of urea groups is 1. The number of benzene rings is 1. The van der Waals surface area contributed by atoms with Crippen LogP contribution < -0.4 is 10.6 Å². The van der Waals surface area contributed by atoms with Gasteiger partial charge in [-0.3, -0.25) is 0 Å². The molecule has 0 saturated carbocycles. The highest BCUT2D eigenvalue weighted by Crippen LogP contribution is 2.19. The lowest BCUT2D eigenvalue weighted by Gasteiger charge is -2.24. The SMILES string of the molecule is CN(C)C(CNC(=O)Nc1ccccc1)c1ccsc1. The Balaban J connectivity index is 1.88. The van der Waals surface area contributed by atoms with Crippen LogP contribution in [-0.4, -0.2) is 31.6 Å². The van der Waals surface area contributed by atoms with E-state index in [0.29, 0.717) is 6.54 Å². The molecule has 0 fully saturated rings. The Morgan fingerprint density at radius 2 is 2.00 bits per heavy atom. The van der Waals surface area contributed by atoms with Gasteiger partial charge in [0, 0.05) is 12.2 Å². The Morgan fingerprint density at radius 3 is 2.60 bits per heavy atom. The zero-order valence-corrected chi connectivity index (χ0v) is 12.5. The minimum absolute atomic E-state index is 0.182. The van der Waals surface area contributed by atoms with Crippen molar-refractivity contribution in [2.45, 2.75) is 6.04 Å². The zero-order valence-electron chi connectivity index (χ0n) is 11.7. The monoisotopic (exact) mass is 289 g/mol. The molecule has 5 heteroatoms. The van der Waals surface area contributed by atoms with Crippen LogP contribution in [0.15, 0.2) is 47.2 Å². The summed E-state index contributed by atoms with van der Waals surface area (Å²) in [6, 6.07) is 11.5. The number of thiophene rings is 1. The summed E-state index contributed by atoms with van der Waals surface area (Å²) in [5.74, 6) is 0. The van der Waals surface area contributed by atoms with Crippen molar-refractivity contribution in [3.63, 3.8) is 0 Å². The van der Waals surface area contributed by atoms with Gasteiger partial charge in [-0.25, -0.2) is 4.79 Å². The number of hydrogen-bond donors (Lipinski definition) is 2. The Kier molecular flexibility index (Phi) is 5.15. The van der Waals surface area contributed by atoms with Crippen LogP contribution in [0, 0.1) is 0 Å². The Bertz CT molecular complexity index is 525. The maximum atomic E-state index is 11.9. The topological polar surface area (TPSA) is 44.4 Å². The minimum atomic E-state index is -0.182. The van der Waals surface area contributed by atoms with Crippen LogP contribution in [0.25, 0.3) is 0 Å². The first-order valence-electron chi connectivity index (χ1n) is 6.45. The summed E-state index contributed by atoms with van der Waals surface area (Å²) >= 11 is 1.67. The number of likely N-dealkylation sites (N-methyl/N-ethyl adjacent to an activating group) is 1. The van der Waals surface area contributed by atoms with E-state index in [0.717, 1.165) is 5.69 Å². The lowest BCUT2D eigenvalue weighted by molar-refractivity contribution is 0.243. The highest BCUT2D eigenvalue weighted by molar-refractivity contribution is 7.07. The summed E-state index contributed by atoms with van der Waals surface area (Å²) in [5, 5.41) is 9.89. The second kappa shape index (κ2) is 7.07. The standard InChI is InChI=1S/C15H19N3OS/c1-18(2)14(12-8-9-20-11-12)10-16-15(19)17-13-6-4-3-5-7-13/h3-9,11,14H,10H2,1-2H3,(H2,16,17,19). The Hall–Kier alpha value is -1.85. The first-order valence-corrected chi connectivity index (χ1v) is 7.39. The van der Waals surface area contributed by atoms with Crippen molar-refractivity contribution in [3.05, 3.63) is 52.7 Å². The fourth-order valence-electron chi connectivity index (χ4n) is 1.95. The molecule has 0 bridgehead atoms. The lowest BCUT2D eigenvalue weighted by Crippen LogP contribution is -2.36. The van der Waals surface area contributed by atoms with Gasteiger partial charge in [-0.15, -0.1) is 0 Å². The normalized spacial score (nSPS) is 12.2. The molecule has 0 saturated heterocycles. The molecule has 1 unspecified atom stereocenters. The second-order valence-corrected chi connectivity index (χ2v) is 5.52. The molecule has 1 heterocycles. The van der Waals surface area contributed by atoms with Crippen LogP contribution in [0.4, 0.5) is 10.5 Å². The molecule has 2 N–H and O–H groups in total. The first-order chi connectivity index (χ1) is 9.66. The van der Waals surface area contributed by atoms with Crippen molar-refractivity contribution in [3.8, 4) is 0 Å². The van der Waals surface area contributed by atoms with Gasteiger partial charge in [0.2, 0.25) is 0 Å². The highest BCUT2D eigenvalue weighted by atomic mass is 32.1. The average molecular weight is 289 g/mol. The largest absolute Gasteiger partial charge is 0.336 e. The van der Waals surface area contributed by atoms with Crippen LogP contribution >= 0.6 is 11.3 Å². The van der Waals surface area contributed by atoms with Gasteiger partial charge in [0.05, 0.1) is 6.04 Å². The molecule has 2 amide bonds. The van der Waals surface area contributed by atoms with Crippen LogP contribution in [0.3, 0.4) is 0 Å². The van der Waals surface area contributed by atoms with Gasteiger partial charge in [-0.2, -0.15) is 11.3 Å². The van der Waals surface area contributed by atoms with Crippen molar-refractivity contribution < 1.29 is 4.79 Å². The Labute approximate surface area is 123 Å². The van der Waals surface area contributed by atoms with Gasteiger partial charge in [0.25, 0.3) is 0 Å². The number of nitrogens with zero attached hydrogens (tertiary/aromatic N) is 1. The van der Waals surface area contributed by atoms with Crippen molar-refractivity contribution in [1.29, 1.82) is 0 Å². The number of anilines is 1. The molecule has 1 atom stereocenters. The number of hydrogen-bond acceptors (Lipinski definition) is 3. The summed E-state index contributed by atoms with van der Waals surface area (Å²) in [6.45, 7) is 0.572. The molecule has 1 aromatic carbocycles. The quantitative estimate of drug-likeness (QED) is 0.888. The molecule has 4 nitrogen and oxygen atoms in total. The smallest absolute Gasteiger partial charge is 0.319 e. The minimum Gasteiger partial charge on any atom is -0.336 e. The number of para-hydroxylation sites is 1. The van der Waals surface area contributed by atoms with E-state index in [1.165, 1.54) is 5.56 Å². The highest BCUT2D eigenvalue weighted by Gasteiger charge is 2.15. The first kappa shape index (κ1) is 14.6. The number of rotatable bonds is 5. The number of nitrogens with one attached hydrogen (secondary N) is 2. The molecule has 0 spiro atoms. The molecule has 2 aromatic rings. The van der Waals surface area contributed by atoms with Crippen molar-refractivity contribution in [2.24, 2.45) is 0 Å². The fraction of sp³-hybridized carbons (Fsp3) is 0.267. The summed E-state index contributed by atoms with van der Waals surface area (Å²) in [6.07, 6.45) is 0. The summed E-state index contributed by atoms with van der Waals surface area (Å²) in [5.41, 5.74) is 2.02. The average Bonchev–Trinajstić information content (AvgIpc) is 2.93. The second-order valence-electron chi connectivity index (χ2n) is 4.74. The van der Waals surface area contributed by atoms with E-state index in [1.54, 1.807) is 11.3 Å². The zero-order chi connectivity index (χ0) is 14.4. The third-order valence-electron chi connectivity index (χ3n) is 3.04. The number of carbonyl (C=O) groups is 1. The molecular formula is C15H19N3OS. The van der Waals surface area contributed by atoms with Gasteiger partial charge < -0.3 is 15.5 Å². The molecule has 0 radical (unpaired) electrons. The predicted octanol–water partition coefficient (Wildman–Crippen LogP) is 3.17. The van der Waals surface area contributed by atoms with Crippen LogP contribution in [-0.2, 0) is 0 Å². The van der Waals surface area contributed by atoms with E-state index in [9.17, 15) is 4.79 Å². The molecule has 20 heavy (non-hydrogen) atoms.